The van der Waals surface area contributed by atoms with E-state index < -0.39 is 0 Å². The Balaban J connectivity index is 0.00000288. The summed E-state index contributed by atoms with van der Waals surface area (Å²) in [5, 5.41) is 2.80. The van der Waals surface area contributed by atoms with Crippen molar-refractivity contribution in [2.45, 2.75) is 18.9 Å². The summed E-state index contributed by atoms with van der Waals surface area (Å²) >= 11 is 0. The molecule has 2 aromatic rings. The lowest BCUT2D eigenvalue weighted by atomic mass is 10.0. The van der Waals surface area contributed by atoms with Crippen LogP contribution in [0, 0.1) is 0 Å². The van der Waals surface area contributed by atoms with Crippen LogP contribution in [0.3, 0.4) is 0 Å². The molecule has 0 aromatic heterocycles. The van der Waals surface area contributed by atoms with Gasteiger partial charge in [0.1, 0.15) is 0 Å². The third-order valence-corrected chi connectivity index (χ3v) is 3.42. The molecule has 0 aliphatic carbocycles. The van der Waals surface area contributed by atoms with E-state index in [-0.39, 0.29) is 43.2 Å². The highest BCUT2D eigenvalue weighted by Crippen LogP contribution is 2.16. The van der Waals surface area contributed by atoms with Gasteiger partial charge < -0.3 is 15.8 Å². The third kappa shape index (κ3) is 6.02. The van der Waals surface area contributed by atoms with Crippen LogP contribution < -0.4 is 11.1 Å². The van der Waals surface area contributed by atoms with Gasteiger partial charge in [-0.15, -0.1) is 12.4 Å². The fourth-order valence-corrected chi connectivity index (χ4v) is 2.23. The smallest absolute Gasteiger partial charge is 0.309 e. The van der Waals surface area contributed by atoms with Gasteiger partial charge >= 0.3 is 5.97 Å². The number of hydrogen-bond donors (Lipinski definition) is 2. The van der Waals surface area contributed by atoms with Crippen LogP contribution in [0.25, 0.3) is 0 Å². The van der Waals surface area contributed by atoms with Gasteiger partial charge in [0, 0.05) is 18.2 Å². The van der Waals surface area contributed by atoms with E-state index in [0.29, 0.717) is 5.69 Å². The summed E-state index contributed by atoms with van der Waals surface area (Å²) < 4.78 is 4.63. The second kappa shape index (κ2) is 9.70. The zero-order valence-electron chi connectivity index (χ0n) is 13.4. The highest BCUT2D eigenvalue weighted by Gasteiger charge is 2.12. The highest BCUT2D eigenvalue weighted by atomic mass is 35.5. The van der Waals surface area contributed by atoms with Gasteiger partial charge in [0.15, 0.2) is 0 Å². The fraction of sp³-hybridized carbons (Fsp3) is 0.222. The van der Waals surface area contributed by atoms with Crippen molar-refractivity contribution in [3.05, 3.63) is 65.7 Å². The van der Waals surface area contributed by atoms with Gasteiger partial charge in [0.05, 0.1) is 13.5 Å². The Morgan fingerprint density at radius 1 is 1.12 bits per heavy atom. The molecule has 0 saturated heterocycles. The SMILES string of the molecule is COC(=O)Cc1cccc(NC(=O)CC(N)c2ccccc2)c1.Cl. The number of anilines is 1. The van der Waals surface area contributed by atoms with Crippen molar-refractivity contribution in [3.63, 3.8) is 0 Å². The molecule has 6 heteroatoms. The van der Waals surface area contributed by atoms with Crippen LogP contribution in [0.5, 0.6) is 0 Å². The first-order chi connectivity index (χ1) is 11.1. The number of rotatable bonds is 6. The molecule has 0 aliphatic heterocycles. The topological polar surface area (TPSA) is 81.4 Å². The minimum Gasteiger partial charge on any atom is -0.469 e. The summed E-state index contributed by atoms with van der Waals surface area (Å²) in [6, 6.07) is 16.2. The minimum atomic E-state index is -0.352. The van der Waals surface area contributed by atoms with E-state index >= 15 is 0 Å². The molecule has 3 N–H and O–H groups in total. The van der Waals surface area contributed by atoms with Gasteiger partial charge in [-0.05, 0) is 23.3 Å². The van der Waals surface area contributed by atoms with Crippen molar-refractivity contribution in [1.82, 2.24) is 0 Å². The monoisotopic (exact) mass is 348 g/mol. The van der Waals surface area contributed by atoms with Crippen LogP contribution >= 0.6 is 12.4 Å². The molecule has 5 nitrogen and oxygen atoms in total. The van der Waals surface area contributed by atoms with Gasteiger partial charge in [-0.2, -0.15) is 0 Å². The molecule has 0 heterocycles. The predicted molar refractivity (Wildman–Crippen MR) is 96.0 cm³/mol. The van der Waals surface area contributed by atoms with E-state index in [4.69, 9.17) is 5.73 Å². The molecular formula is C18H21ClN2O3. The number of hydrogen-bond acceptors (Lipinski definition) is 4. The van der Waals surface area contributed by atoms with Crippen LogP contribution in [0.1, 0.15) is 23.6 Å². The largest absolute Gasteiger partial charge is 0.469 e. The Morgan fingerprint density at radius 3 is 2.50 bits per heavy atom. The van der Waals surface area contributed by atoms with Crippen molar-refractivity contribution >= 4 is 30.0 Å². The standard InChI is InChI=1S/C18H20N2O3.ClH/c1-23-18(22)11-13-6-5-9-15(10-13)20-17(21)12-16(19)14-7-3-2-4-8-14;/h2-10,16H,11-12,19H2,1H3,(H,20,21);1H. The van der Waals surface area contributed by atoms with E-state index in [0.717, 1.165) is 11.1 Å². The molecule has 0 saturated carbocycles. The average molecular weight is 349 g/mol. The van der Waals surface area contributed by atoms with Crippen molar-refractivity contribution in [1.29, 1.82) is 0 Å². The number of amides is 1. The van der Waals surface area contributed by atoms with Gasteiger partial charge in [-0.3, -0.25) is 9.59 Å². The Kier molecular flexibility index (Phi) is 7.95. The molecule has 1 atom stereocenters. The number of carbonyl (C=O) groups is 2. The number of ether oxygens (including phenoxy) is 1. The molecule has 0 radical (unpaired) electrons. The zero-order valence-corrected chi connectivity index (χ0v) is 14.2. The van der Waals surface area contributed by atoms with E-state index in [1.807, 2.05) is 36.4 Å². The van der Waals surface area contributed by atoms with Crippen molar-refractivity contribution in [3.8, 4) is 0 Å². The van der Waals surface area contributed by atoms with Crippen LogP contribution in [0.2, 0.25) is 0 Å². The lowest BCUT2D eigenvalue weighted by Crippen LogP contribution is -2.20. The predicted octanol–water partition coefficient (Wildman–Crippen LogP) is 2.85. The first kappa shape index (κ1) is 19.7. The van der Waals surface area contributed by atoms with E-state index in [1.165, 1.54) is 7.11 Å². The lowest BCUT2D eigenvalue weighted by Gasteiger charge is -2.12. The molecule has 2 rings (SSSR count). The van der Waals surface area contributed by atoms with Crippen LogP contribution in [-0.2, 0) is 20.7 Å². The summed E-state index contributed by atoms with van der Waals surface area (Å²) in [6.07, 6.45) is 0.356. The molecule has 0 fully saturated rings. The van der Waals surface area contributed by atoms with Gasteiger partial charge in [-0.1, -0.05) is 42.5 Å². The lowest BCUT2D eigenvalue weighted by molar-refractivity contribution is -0.139. The number of esters is 1. The maximum absolute atomic E-state index is 12.1. The Bertz CT molecular complexity index is 677. The molecular weight excluding hydrogens is 328 g/mol. The summed E-state index contributed by atoms with van der Waals surface area (Å²) in [6.45, 7) is 0. The summed E-state index contributed by atoms with van der Waals surface area (Å²) in [5.41, 5.74) is 8.38. The van der Waals surface area contributed by atoms with Crippen LogP contribution in [0.15, 0.2) is 54.6 Å². The molecule has 0 aliphatic rings. The third-order valence-electron chi connectivity index (χ3n) is 3.42. The average Bonchev–Trinajstić information content (AvgIpc) is 2.55. The van der Waals surface area contributed by atoms with E-state index in [9.17, 15) is 9.59 Å². The number of nitrogens with two attached hydrogens (primary N) is 1. The van der Waals surface area contributed by atoms with Crippen molar-refractivity contribution in [2.75, 3.05) is 12.4 Å². The van der Waals surface area contributed by atoms with Gasteiger partial charge in [0.2, 0.25) is 5.91 Å². The minimum absolute atomic E-state index is 0. The molecule has 128 valence electrons. The van der Waals surface area contributed by atoms with Crippen LogP contribution in [0.4, 0.5) is 5.69 Å². The normalized spacial score (nSPS) is 11.1. The first-order valence-corrected chi connectivity index (χ1v) is 7.34. The Morgan fingerprint density at radius 2 is 1.83 bits per heavy atom. The number of carbonyl (C=O) groups excluding carboxylic acids is 2. The molecule has 1 unspecified atom stereocenters. The van der Waals surface area contributed by atoms with Gasteiger partial charge in [-0.25, -0.2) is 0 Å². The number of methoxy groups -OCH3 is 1. The molecule has 0 spiro atoms. The number of nitrogens with one attached hydrogen (secondary N) is 1. The quantitative estimate of drug-likeness (QED) is 0.786. The van der Waals surface area contributed by atoms with Crippen LogP contribution in [-0.4, -0.2) is 19.0 Å². The summed E-state index contributed by atoms with van der Waals surface area (Å²) in [5.74, 6) is -0.490. The molecule has 1 amide bonds. The van der Waals surface area contributed by atoms with Gasteiger partial charge in [0.25, 0.3) is 0 Å². The fourth-order valence-electron chi connectivity index (χ4n) is 2.23. The molecule has 2 aromatic carbocycles. The number of halogens is 1. The summed E-state index contributed by atoms with van der Waals surface area (Å²) in [4.78, 5) is 23.4. The van der Waals surface area contributed by atoms with Crippen molar-refractivity contribution in [2.24, 2.45) is 5.73 Å². The Hall–Kier alpha value is -2.37. The molecule has 0 bridgehead atoms. The van der Waals surface area contributed by atoms with E-state index in [1.54, 1.807) is 18.2 Å². The summed E-state index contributed by atoms with van der Waals surface area (Å²) in [7, 11) is 1.35. The maximum atomic E-state index is 12.1. The second-order valence-corrected chi connectivity index (χ2v) is 5.22. The van der Waals surface area contributed by atoms with Crippen molar-refractivity contribution < 1.29 is 14.3 Å². The Labute approximate surface area is 147 Å². The van der Waals surface area contributed by atoms with E-state index in [2.05, 4.69) is 10.1 Å². The molecule has 24 heavy (non-hydrogen) atoms. The maximum Gasteiger partial charge on any atom is 0.309 e. The zero-order chi connectivity index (χ0) is 16.7. The first-order valence-electron chi connectivity index (χ1n) is 7.34. The number of benzene rings is 2. The highest BCUT2D eigenvalue weighted by molar-refractivity contribution is 5.91. The second-order valence-electron chi connectivity index (χ2n) is 5.22.